The number of carbonyl (C=O) groups excluding carboxylic acids is 4. The van der Waals surface area contributed by atoms with Crippen LogP contribution < -0.4 is 10.2 Å². The molecule has 7 heteroatoms. The predicted molar refractivity (Wildman–Crippen MR) is 102 cm³/mol. The molecule has 0 radical (unpaired) electrons. The molecule has 1 atom stereocenters. The highest BCUT2D eigenvalue weighted by Crippen LogP contribution is 2.33. The van der Waals surface area contributed by atoms with Gasteiger partial charge in [-0.2, -0.15) is 0 Å². The van der Waals surface area contributed by atoms with Gasteiger partial charge in [-0.25, -0.2) is 0 Å². The zero-order valence-electron chi connectivity index (χ0n) is 15.3. The molecular formula is C21H19N3O4. The molecule has 2 aliphatic rings. The molecule has 0 saturated heterocycles. The van der Waals surface area contributed by atoms with Gasteiger partial charge in [0.15, 0.2) is 0 Å². The maximum absolute atomic E-state index is 13.1. The van der Waals surface area contributed by atoms with Gasteiger partial charge in [-0.1, -0.05) is 30.3 Å². The zero-order chi connectivity index (χ0) is 19.8. The maximum atomic E-state index is 13.1. The van der Waals surface area contributed by atoms with Crippen LogP contribution in [0.3, 0.4) is 0 Å². The minimum atomic E-state index is -0.694. The molecule has 2 aromatic carbocycles. The van der Waals surface area contributed by atoms with Crippen molar-refractivity contribution >= 4 is 29.3 Å². The summed E-state index contributed by atoms with van der Waals surface area (Å²) in [6.45, 7) is 1.85. The molecule has 2 aliphatic heterocycles. The fraction of sp³-hybridized carbons (Fsp3) is 0.238. The van der Waals surface area contributed by atoms with Gasteiger partial charge in [0.05, 0.1) is 11.1 Å². The maximum Gasteiger partial charge on any atom is 0.262 e. The van der Waals surface area contributed by atoms with E-state index in [2.05, 4.69) is 5.32 Å². The van der Waals surface area contributed by atoms with Crippen molar-refractivity contribution in [3.63, 3.8) is 0 Å². The van der Waals surface area contributed by atoms with Crippen LogP contribution >= 0.6 is 0 Å². The summed E-state index contributed by atoms with van der Waals surface area (Å²) >= 11 is 0. The van der Waals surface area contributed by atoms with Gasteiger partial charge in [-0.15, -0.1) is 0 Å². The van der Waals surface area contributed by atoms with Crippen LogP contribution in [0.4, 0.5) is 5.69 Å². The fourth-order valence-electron chi connectivity index (χ4n) is 3.79. The Morgan fingerprint density at radius 3 is 2.25 bits per heavy atom. The lowest BCUT2D eigenvalue weighted by Crippen LogP contribution is -2.51. The SMILES string of the molecule is CCNC(=O)C1Cc2ccccc2N1C(=O)CN1C(=O)c2ccccc2C1=O. The highest BCUT2D eigenvalue weighted by atomic mass is 16.2. The van der Waals surface area contributed by atoms with Crippen molar-refractivity contribution in [3.8, 4) is 0 Å². The average molecular weight is 377 g/mol. The van der Waals surface area contributed by atoms with Crippen molar-refractivity contribution < 1.29 is 19.2 Å². The molecule has 2 heterocycles. The molecule has 7 nitrogen and oxygen atoms in total. The number of nitrogens with one attached hydrogen (secondary N) is 1. The summed E-state index contributed by atoms with van der Waals surface area (Å²) in [6.07, 6.45) is 0.399. The Labute approximate surface area is 161 Å². The number of amides is 4. The zero-order valence-corrected chi connectivity index (χ0v) is 15.3. The van der Waals surface area contributed by atoms with Gasteiger partial charge in [0.1, 0.15) is 12.6 Å². The molecule has 0 saturated carbocycles. The van der Waals surface area contributed by atoms with Gasteiger partial charge in [0.25, 0.3) is 11.8 Å². The molecule has 0 aliphatic carbocycles. The first-order chi connectivity index (χ1) is 13.5. The van der Waals surface area contributed by atoms with E-state index in [0.717, 1.165) is 10.5 Å². The van der Waals surface area contributed by atoms with E-state index in [1.54, 1.807) is 36.4 Å². The third-order valence-corrected chi connectivity index (χ3v) is 5.07. The third kappa shape index (κ3) is 2.76. The Morgan fingerprint density at radius 2 is 1.61 bits per heavy atom. The van der Waals surface area contributed by atoms with Crippen molar-refractivity contribution in [1.82, 2.24) is 10.2 Å². The van der Waals surface area contributed by atoms with E-state index in [1.165, 1.54) is 4.90 Å². The molecule has 4 rings (SSSR count). The van der Waals surface area contributed by atoms with E-state index < -0.39 is 30.3 Å². The largest absolute Gasteiger partial charge is 0.355 e. The van der Waals surface area contributed by atoms with Gasteiger partial charge < -0.3 is 5.32 Å². The van der Waals surface area contributed by atoms with Gasteiger partial charge in [0.2, 0.25) is 11.8 Å². The number of hydrogen-bond acceptors (Lipinski definition) is 4. The van der Waals surface area contributed by atoms with Crippen LogP contribution in [0.5, 0.6) is 0 Å². The van der Waals surface area contributed by atoms with Gasteiger partial charge >= 0.3 is 0 Å². The molecule has 1 N–H and O–H groups in total. The topological polar surface area (TPSA) is 86.8 Å². The summed E-state index contributed by atoms with van der Waals surface area (Å²) in [5.41, 5.74) is 2.11. The number of rotatable bonds is 4. The van der Waals surface area contributed by atoms with Crippen molar-refractivity contribution in [2.24, 2.45) is 0 Å². The van der Waals surface area contributed by atoms with Gasteiger partial charge in [0, 0.05) is 18.7 Å². The van der Waals surface area contributed by atoms with E-state index in [-0.39, 0.29) is 5.91 Å². The lowest BCUT2D eigenvalue weighted by molar-refractivity contribution is -0.126. The summed E-state index contributed by atoms with van der Waals surface area (Å²) in [7, 11) is 0. The standard InChI is InChI=1S/C21H19N3O4/c1-2-22-19(26)17-11-13-7-3-6-10-16(13)24(17)18(25)12-23-20(27)14-8-4-5-9-15(14)21(23)28/h3-10,17H,2,11-12H2,1H3,(H,22,26). The Bertz CT molecular complexity index is 966. The first kappa shape index (κ1) is 17.9. The van der Waals surface area contributed by atoms with E-state index in [4.69, 9.17) is 0 Å². The number of imide groups is 1. The van der Waals surface area contributed by atoms with Crippen molar-refractivity contribution in [1.29, 1.82) is 0 Å². The van der Waals surface area contributed by atoms with Crippen LogP contribution in [0.25, 0.3) is 0 Å². The highest BCUT2D eigenvalue weighted by molar-refractivity contribution is 6.23. The minimum Gasteiger partial charge on any atom is -0.355 e. The summed E-state index contributed by atoms with van der Waals surface area (Å²) < 4.78 is 0. The molecule has 0 spiro atoms. The molecule has 142 valence electrons. The fourth-order valence-corrected chi connectivity index (χ4v) is 3.79. The monoisotopic (exact) mass is 377 g/mol. The van der Waals surface area contributed by atoms with E-state index >= 15 is 0 Å². The Hall–Kier alpha value is -3.48. The quantitative estimate of drug-likeness (QED) is 0.816. The molecular weight excluding hydrogens is 358 g/mol. The number of nitrogens with zero attached hydrogens (tertiary/aromatic N) is 2. The van der Waals surface area contributed by atoms with Gasteiger partial charge in [-0.3, -0.25) is 29.0 Å². The average Bonchev–Trinajstić information content (AvgIpc) is 3.20. The second-order valence-electron chi connectivity index (χ2n) is 6.75. The van der Waals surface area contributed by atoms with Crippen molar-refractivity contribution in [3.05, 3.63) is 65.2 Å². The lowest BCUT2D eigenvalue weighted by Gasteiger charge is -2.26. The molecule has 28 heavy (non-hydrogen) atoms. The van der Waals surface area contributed by atoms with Crippen LogP contribution in [-0.2, 0) is 16.0 Å². The molecule has 0 bridgehead atoms. The van der Waals surface area contributed by atoms with Crippen LogP contribution in [0.1, 0.15) is 33.2 Å². The molecule has 1 unspecified atom stereocenters. The Balaban J connectivity index is 1.62. The van der Waals surface area contributed by atoms with Crippen LogP contribution in [0.2, 0.25) is 0 Å². The first-order valence-corrected chi connectivity index (χ1v) is 9.15. The molecule has 0 aromatic heterocycles. The number of anilines is 1. The minimum absolute atomic E-state index is 0.255. The smallest absolute Gasteiger partial charge is 0.262 e. The van der Waals surface area contributed by atoms with Crippen LogP contribution in [0.15, 0.2) is 48.5 Å². The number of para-hydroxylation sites is 1. The number of carbonyl (C=O) groups is 4. The van der Waals surface area contributed by atoms with Crippen molar-refractivity contribution in [2.45, 2.75) is 19.4 Å². The second-order valence-corrected chi connectivity index (χ2v) is 6.75. The van der Waals surface area contributed by atoms with E-state index in [1.807, 2.05) is 19.1 Å². The third-order valence-electron chi connectivity index (χ3n) is 5.07. The molecule has 2 aromatic rings. The highest BCUT2D eigenvalue weighted by Gasteiger charge is 2.42. The Kier molecular flexibility index (Phi) is 4.43. The molecule has 4 amide bonds. The van der Waals surface area contributed by atoms with Crippen LogP contribution in [0, 0.1) is 0 Å². The van der Waals surface area contributed by atoms with Crippen molar-refractivity contribution in [2.75, 3.05) is 18.0 Å². The summed E-state index contributed by atoms with van der Waals surface area (Å²) in [4.78, 5) is 53.2. The normalized spacial score (nSPS) is 17.5. The molecule has 0 fully saturated rings. The first-order valence-electron chi connectivity index (χ1n) is 9.15. The summed E-state index contributed by atoms with van der Waals surface area (Å²) in [6, 6.07) is 13.1. The number of benzene rings is 2. The van der Waals surface area contributed by atoms with Crippen LogP contribution in [-0.4, -0.2) is 47.7 Å². The number of hydrogen-bond donors (Lipinski definition) is 1. The number of likely N-dealkylation sites (N-methyl/N-ethyl adjacent to an activating group) is 1. The van der Waals surface area contributed by atoms with E-state index in [9.17, 15) is 19.2 Å². The van der Waals surface area contributed by atoms with Gasteiger partial charge in [-0.05, 0) is 30.7 Å². The summed E-state index contributed by atoms with van der Waals surface area (Å²) in [5, 5.41) is 2.75. The predicted octanol–water partition coefficient (Wildman–Crippen LogP) is 1.38. The van der Waals surface area contributed by atoms with E-state index in [0.29, 0.717) is 29.8 Å². The lowest BCUT2D eigenvalue weighted by atomic mass is 10.1. The Morgan fingerprint density at radius 1 is 1.00 bits per heavy atom. The summed E-state index contributed by atoms with van der Waals surface area (Å²) in [5.74, 6) is -1.70. The number of fused-ring (bicyclic) bond motifs is 2. The second kappa shape index (κ2) is 6.92.